The van der Waals surface area contributed by atoms with E-state index >= 15 is 0 Å². The van der Waals surface area contributed by atoms with E-state index in [1.54, 1.807) is 6.07 Å². The fourth-order valence-electron chi connectivity index (χ4n) is 1.48. The maximum absolute atomic E-state index is 11.1. The van der Waals surface area contributed by atoms with E-state index in [4.69, 9.17) is 0 Å². The van der Waals surface area contributed by atoms with Crippen LogP contribution in [0.2, 0.25) is 0 Å². The van der Waals surface area contributed by atoms with Crippen LogP contribution in [-0.2, 0) is 4.79 Å². The lowest BCUT2D eigenvalue weighted by Crippen LogP contribution is -2.07. The first-order chi connectivity index (χ1) is 6.27. The number of carbonyl (C=O) groups excluding carboxylic acids is 1. The summed E-state index contributed by atoms with van der Waals surface area (Å²) in [6.45, 7) is 0. The number of nitrogens with zero attached hydrogens (tertiary/aromatic N) is 1. The van der Waals surface area contributed by atoms with Gasteiger partial charge in [-0.1, -0.05) is 18.2 Å². The van der Waals surface area contributed by atoms with Crippen molar-refractivity contribution in [3.8, 4) is 0 Å². The van der Waals surface area contributed by atoms with E-state index in [1.807, 2.05) is 18.2 Å². The van der Waals surface area contributed by atoms with Crippen LogP contribution in [0.3, 0.4) is 0 Å². The van der Waals surface area contributed by atoms with E-state index in [0.29, 0.717) is 18.5 Å². The zero-order valence-electron chi connectivity index (χ0n) is 7.10. The van der Waals surface area contributed by atoms with Crippen LogP contribution in [0.1, 0.15) is 24.5 Å². The van der Waals surface area contributed by atoms with Gasteiger partial charge >= 0.3 is 0 Å². The largest absolute Gasteiger partial charge is 0.388 e. The molecule has 2 rings (SSSR count). The van der Waals surface area contributed by atoms with Crippen LogP contribution in [0, 0.1) is 0 Å². The average Bonchev–Trinajstić information content (AvgIpc) is 2.27. The highest BCUT2D eigenvalue weighted by molar-refractivity contribution is 5.82. The summed E-state index contributed by atoms with van der Waals surface area (Å²) in [6, 6.07) is 7.21. The smallest absolute Gasteiger partial charge is 0.246 e. The van der Waals surface area contributed by atoms with Crippen molar-refractivity contribution in [1.82, 2.24) is 5.32 Å². The molecule has 3 nitrogen and oxygen atoms in total. The summed E-state index contributed by atoms with van der Waals surface area (Å²) in [5.41, 5.74) is 1.37. The number of rotatable bonds is 0. The molecule has 13 heavy (non-hydrogen) atoms. The van der Waals surface area contributed by atoms with Crippen molar-refractivity contribution in [3.05, 3.63) is 29.8 Å². The van der Waals surface area contributed by atoms with E-state index in [1.165, 1.54) is 0 Å². The van der Waals surface area contributed by atoms with Gasteiger partial charge in [-0.05, 0) is 12.5 Å². The highest BCUT2D eigenvalue weighted by Gasteiger charge is 2.20. The Balaban J connectivity index is 2.43. The molecule has 0 aliphatic carbocycles. The molecule has 0 bridgehead atoms. The summed E-state index contributed by atoms with van der Waals surface area (Å²) >= 11 is 0. The molecule has 1 N–H and O–H groups in total. The maximum Gasteiger partial charge on any atom is 0.246 e. The Hall–Kier alpha value is -1.35. The monoisotopic (exact) mass is 176 g/mol. The summed E-state index contributed by atoms with van der Waals surface area (Å²) in [7, 11) is 0. The number of amides is 1. The number of aliphatic hydroxyl groups is 1. The van der Waals surface area contributed by atoms with Crippen LogP contribution in [-0.4, -0.2) is 11.0 Å². The van der Waals surface area contributed by atoms with Crippen molar-refractivity contribution in [3.63, 3.8) is 0 Å². The minimum absolute atomic E-state index is 0.149. The fraction of sp³-hybridized carbons (Fsp3) is 0.300. The van der Waals surface area contributed by atoms with Crippen LogP contribution in [0.25, 0.3) is 0 Å². The Morgan fingerprint density at radius 2 is 2.15 bits per heavy atom. The number of para-hydroxylation sites is 1. The van der Waals surface area contributed by atoms with Gasteiger partial charge in [-0.15, -0.1) is 0 Å². The lowest BCUT2D eigenvalue weighted by molar-refractivity contribution is -0.120. The highest BCUT2D eigenvalue weighted by atomic mass is 16.3. The molecular formula is C10H10NO2. The third-order valence-electron chi connectivity index (χ3n) is 2.17. The molecule has 1 aliphatic heterocycles. The molecule has 0 saturated heterocycles. The second kappa shape index (κ2) is 3.18. The SMILES string of the molecule is O=C1CCC(O)c2ccccc2[N]1. The van der Waals surface area contributed by atoms with Crippen LogP contribution in [0.4, 0.5) is 5.69 Å². The number of hydrogen-bond donors (Lipinski definition) is 1. The summed E-state index contributed by atoms with van der Waals surface area (Å²) in [4.78, 5) is 11.1. The summed E-state index contributed by atoms with van der Waals surface area (Å²) in [6.07, 6.45) is 0.251. The van der Waals surface area contributed by atoms with Crippen molar-refractivity contribution in [2.75, 3.05) is 0 Å². The molecule has 1 heterocycles. The summed E-state index contributed by atoms with van der Waals surface area (Å²) in [5.74, 6) is -0.149. The van der Waals surface area contributed by atoms with Crippen molar-refractivity contribution in [2.45, 2.75) is 18.9 Å². The van der Waals surface area contributed by atoms with Gasteiger partial charge in [0.15, 0.2) is 0 Å². The zero-order valence-corrected chi connectivity index (χ0v) is 7.10. The van der Waals surface area contributed by atoms with Crippen LogP contribution in [0.15, 0.2) is 24.3 Å². The van der Waals surface area contributed by atoms with Crippen molar-refractivity contribution in [2.24, 2.45) is 0 Å². The quantitative estimate of drug-likeness (QED) is 0.647. The summed E-state index contributed by atoms with van der Waals surface area (Å²) in [5, 5.41) is 13.5. The number of aliphatic hydroxyl groups excluding tert-OH is 1. The van der Waals surface area contributed by atoms with Crippen LogP contribution >= 0.6 is 0 Å². The Kier molecular flexibility index (Phi) is 2.02. The van der Waals surface area contributed by atoms with Gasteiger partial charge in [0.05, 0.1) is 11.8 Å². The molecule has 0 spiro atoms. The van der Waals surface area contributed by atoms with Gasteiger partial charge in [-0.3, -0.25) is 4.79 Å². The predicted octanol–water partition coefficient (Wildman–Crippen LogP) is 1.28. The molecule has 1 unspecified atom stereocenters. The third-order valence-corrected chi connectivity index (χ3v) is 2.17. The van der Waals surface area contributed by atoms with Crippen LogP contribution in [0.5, 0.6) is 0 Å². The predicted molar refractivity (Wildman–Crippen MR) is 47.4 cm³/mol. The van der Waals surface area contributed by atoms with Crippen molar-refractivity contribution >= 4 is 11.6 Å². The molecule has 1 radical (unpaired) electrons. The van der Waals surface area contributed by atoms with Gasteiger partial charge < -0.3 is 5.11 Å². The maximum atomic E-state index is 11.1. The Labute approximate surface area is 76.4 Å². The molecule has 1 aromatic rings. The third kappa shape index (κ3) is 1.55. The zero-order chi connectivity index (χ0) is 9.26. The minimum Gasteiger partial charge on any atom is -0.388 e. The number of benzene rings is 1. The van der Waals surface area contributed by atoms with Gasteiger partial charge in [0.2, 0.25) is 5.91 Å². The standard InChI is InChI=1S/C10H10NO2/c12-9-5-6-10(13)11-8-4-2-1-3-7(8)9/h1-4,9,12H,5-6H2. The first kappa shape index (κ1) is 8.26. The molecule has 3 heteroatoms. The second-order valence-electron chi connectivity index (χ2n) is 3.12. The van der Waals surface area contributed by atoms with E-state index in [0.717, 1.165) is 5.56 Å². The second-order valence-corrected chi connectivity index (χ2v) is 3.12. The van der Waals surface area contributed by atoms with Gasteiger partial charge in [-0.25, -0.2) is 5.32 Å². The number of hydrogen-bond acceptors (Lipinski definition) is 2. The number of fused-ring (bicyclic) bond motifs is 1. The molecule has 1 aliphatic rings. The lowest BCUT2D eigenvalue weighted by Gasteiger charge is -2.08. The Morgan fingerprint density at radius 3 is 3.00 bits per heavy atom. The normalized spacial score (nSPS) is 21.6. The molecule has 0 aromatic heterocycles. The average molecular weight is 176 g/mol. The molecule has 0 saturated carbocycles. The van der Waals surface area contributed by atoms with Crippen molar-refractivity contribution < 1.29 is 9.90 Å². The molecular weight excluding hydrogens is 166 g/mol. The van der Waals surface area contributed by atoms with Gasteiger partial charge in [0.25, 0.3) is 0 Å². The van der Waals surface area contributed by atoms with Gasteiger partial charge in [-0.2, -0.15) is 0 Å². The first-order valence-corrected chi connectivity index (χ1v) is 4.29. The van der Waals surface area contributed by atoms with E-state index < -0.39 is 6.10 Å². The van der Waals surface area contributed by atoms with Gasteiger partial charge in [0.1, 0.15) is 0 Å². The Morgan fingerprint density at radius 1 is 1.38 bits per heavy atom. The molecule has 1 amide bonds. The molecule has 1 aromatic carbocycles. The van der Waals surface area contributed by atoms with Crippen molar-refractivity contribution in [1.29, 1.82) is 0 Å². The fourth-order valence-corrected chi connectivity index (χ4v) is 1.48. The lowest BCUT2D eigenvalue weighted by atomic mass is 10.1. The minimum atomic E-state index is -0.550. The first-order valence-electron chi connectivity index (χ1n) is 4.29. The Bertz CT molecular complexity index is 335. The van der Waals surface area contributed by atoms with E-state index in [9.17, 15) is 9.90 Å². The molecule has 67 valence electrons. The highest BCUT2D eigenvalue weighted by Crippen LogP contribution is 2.29. The van der Waals surface area contributed by atoms with E-state index in [-0.39, 0.29) is 5.91 Å². The molecule has 0 fully saturated rings. The van der Waals surface area contributed by atoms with E-state index in [2.05, 4.69) is 5.32 Å². The topological polar surface area (TPSA) is 51.4 Å². The number of carbonyl (C=O) groups is 1. The van der Waals surface area contributed by atoms with Gasteiger partial charge in [0, 0.05) is 12.0 Å². The van der Waals surface area contributed by atoms with Crippen LogP contribution < -0.4 is 5.32 Å². The molecule has 1 atom stereocenters. The summed E-state index contributed by atoms with van der Waals surface area (Å²) < 4.78 is 0.